The summed E-state index contributed by atoms with van der Waals surface area (Å²) >= 11 is 0. The average molecular weight is 841 g/mol. The Hall–Kier alpha value is -8.72. The first-order chi connectivity index (χ1) is 32.8. The number of aromatic nitrogens is 1. The molecule has 11 aromatic carbocycles. The highest BCUT2D eigenvalue weighted by atomic mass is 15.1. The Morgan fingerprint density at radius 2 is 0.667 bits per heavy atom. The minimum absolute atomic E-state index is 1.10. The van der Waals surface area contributed by atoms with Crippen LogP contribution < -0.4 is 4.90 Å². The predicted octanol–water partition coefficient (Wildman–Crippen LogP) is 17.7. The molecule has 1 heterocycles. The molecule has 2 heteroatoms. The lowest BCUT2D eigenvalue weighted by atomic mass is 9.91. The van der Waals surface area contributed by atoms with Crippen LogP contribution in [0, 0.1) is 0 Å². The van der Waals surface area contributed by atoms with Gasteiger partial charge in [0, 0.05) is 38.8 Å². The fourth-order valence-corrected chi connectivity index (χ4v) is 9.99. The van der Waals surface area contributed by atoms with Gasteiger partial charge in [-0.15, -0.1) is 0 Å². The van der Waals surface area contributed by atoms with Crippen LogP contribution in [-0.2, 0) is 0 Å². The van der Waals surface area contributed by atoms with E-state index in [-0.39, 0.29) is 0 Å². The van der Waals surface area contributed by atoms with E-state index >= 15 is 0 Å². The van der Waals surface area contributed by atoms with Crippen LogP contribution >= 0.6 is 0 Å². The van der Waals surface area contributed by atoms with Crippen molar-refractivity contribution in [1.82, 2.24) is 4.57 Å². The molecule has 1 aromatic heterocycles. The van der Waals surface area contributed by atoms with E-state index in [0.717, 1.165) is 22.7 Å². The molecule has 0 spiro atoms. The molecule has 66 heavy (non-hydrogen) atoms. The molecule has 12 aromatic rings. The fraction of sp³-hybridized carbons (Fsp3) is 0. The number of para-hydroxylation sites is 1. The third kappa shape index (κ3) is 6.84. The molecule has 0 amide bonds. The lowest BCUT2D eigenvalue weighted by molar-refractivity contribution is 1.14. The molecule has 0 unspecified atom stereocenters. The maximum absolute atomic E-state index is 2.49. The highest BCUT2D eigenvalue weighted by molar-refractivity contribution is 6.20. The van der Waals surface area contributed by atoms with Crippen LogP contribution in [0.15, 0.2) is 267 Å². The summed E-state index contributed by atoms with van der Waals surface area (Å²) in [5, 5.41) is 6.02. The number of benzene rings is 11. The summed E-state index contributed by atoms with van der Waals surface area (Å²) in [7, 11) is 0. The zero-order valence-corrected chi connectivity index (χ0v) is 36.3. The van der Waals surface area contributed by atoms with E-state index in [1.807, 2.05) is 0 Å². The number of anilines is 3. The quantitative estimate of drug-likeness (QED) is 0.141. The van der Waals surface area contributed by atoms with Crippen molar-refractivity contribution in [3.8, 4) is 61.5 Å². The van der Waals surface area contributed by atoms with E-state index < -0.39 is 0 Å². The number of hydrogen-bond acceptors (Lipinski definition) is 1. The molecule has 0 aliphatic rings. The summed E-state index contributed by atoms with van der Waals surface area (Å²) in [6.07, 6.45) is 0. The molecule has 0 N–H and O–H groups in total. The summed E-state index contributed by atoms with van der Waals surface area (Å²) < 4.78 is 2.49. The summed E-state index contributed by atoms with van der Waals surface area (Å²) in [6, 6.07) is 96.8. The third-order valence-corrected chi connectivity index (χ3v) is 13.0. The first-order valence-electron chi connectivity index (χ1n) is 22.7. The van der Waals surface area contributed by atoms with Crippen LogP contribution in [0.1, 0.15) is 0 Å². The molecule has 0 bridgehead atoms. The van der Waals surface area contributed by atoms with E-state index in [2.05, 4.69) is 276 Å². The Morgan fingerprint density at radius 3 is 1.21 bits per heavy atom. The van der Waals surface area contributed by atoms with Crippen molar-refractivity contribution in [2.24, 2.45) is 0 Å². The van der Waals surface area contributed by atoms with Crippen LogP contribution in [0.25, 0.3) is 93.9 Å². The zero-order valence-electron chi connectivity index (χ0n) is 36.3. The van der Waals surface area contributed by atoms with Crippen molar-refractivity contribution in [3.63, 3.8) is 0 Å². The second-order valence-electron chi connectivity index (χ2n) is 16.8. The fourth-order valence-electron chi connectivity index (χ4n) is 9.99. The number of hydrogen-bond donors (Lipinski definition) is 0. The molecule has 12 rings (SSSR count). The summed E-state index contributed by atoms with van der Waals surface area (Å²) in [5.74, 6) is 0. The normalized spacial score (nSPS) is 11.3. The number of fused-ring (bicyclic) bond motifs is 4. The van der Waals surface area contributed by atoms with Crippen molar-refractivity contribution in [2.45, 2.75) is 0 Å². The highest BCUT2D eigenvalue weighted by Gasteiger charge is 2.24. The topological polar surface area (TPSA) is 8.17 Å². The van der Waals surface area contributed by atoms with E-state index in [1.165, 1.54) is 88.2 Å². The maximum Gasteiger partial charge on any atom is 0.0620 e. The molecule has 0 atom stereocenters. The molecule has 0 aliphatic heterocycles. The van der Waals surface area contributed by atoms with E-state index in [9.17, 15) is 0 Å². The summed E-state index contributed by atoms with van der Waals surface area (Å²) in [6.45, 7) is 0. The SMILES string of the molecule is c1ccc(-c2ccc(N(c3ccc(-c4ccccc4)cc3)c3cccc4c(-c5cccc6c5ccc5c(-c7ccccc7)c(-c7ccccc7)n(-c7ccccc7)c56)cccc34)cc2)cc1. The van der Waals surface area contributed by atoms with E-state index in [0.29, 0.717) is 0 Å². The van der Waals surface area contributed by atoms with Crippen LogP contribution in [0.3, 0.4) is 0 Å². The standard InChI is InChI=1S/C64H44N2/c1-6-19-45(20-7-1)47-35-39-52(40-36-47)65(53-41-37-48(38-42-53)46-21-8-2-9-22-46)61-34-18-31-56-54(29-16-32-58(56)61)55-30-17-33-59-57(55)43-44-60-62(49-23-10-3-11-24-49)63(50-25-12-4-13-26-50)66(64(59)60)51-27-14-5-15-28-51/h1-44H. The molecule has 0 saturated carbocycles. The smallest absolute Gasteiger partial charge is 0.0620 e. The van der Waals surface area contributed by atoms with Gasteiger partial charge in [0.2, 0.25) is 0 Å². The van der Waals surface area contributed by atoms with Crippen LogP contribution in [0.4, 0.5) is 17.1 Å². The molecular formula is C64H44N2. The Kier molecular flexibility index (Phi) is 9.89. The van der Waals surface area contributed by atoms with Gasteiger partial charge < -0.3 is 9.47 Å². The molecule has 0 fully saturated rings. The maximum atomic E-state index is 2.49. The van der Waals surface area contributed by atoms with Crippen molar-refractivity contribution in [3.05, 3.63) is 267 Å². The molecular weight excluding hydrogens is 797 g/mol. The molecule has 310 valence electrons. The molecule has 2 nitrogen and oxygen atoms in total. The Bertz CT molecular complexity index is 3550. The van der Waals surface area contributed by atoms with Crippen molar-refractivity contribution < 1.29 is 0 Å². The van der Waals surface area contributed by atoms with Crippen molar-refractivity contribution in [1.29, 1.82) is 0 Å². The van der Waals surface area contributed by atoms with Crippen LogP contribution in [-0.4, -0.2) is 4.57 Å². The first kappa shape index (κ1) is 38.9. The molecule has 0 saturated heterocycles. The predicted molar refractivity (Wildman–Crippen MR) is 280 cm³/mol. The van der Waals surface area contributed by atoms with Crippen molar-refractivity contribution in [2.75, 3.05) is 4.90 Å². The van der Waals surface area contributed by atoms with Gasteiger partial charge in [0.25, 0.3) is 0 Å². The van der Waals surface area contributed by atoms with Gasteiger partial charge in [-0.05, 0) is 97.7 Å². The van der Waals surface area contributed by atoms with Gasteiger partial charge in [-0.2, -0.15) is 0 Å². The summed E-state index contributed by atoms with van der Waals surface area (Å²) in [4.78, 5) is 2.41. The molecule has 0 aliphatic carbocycles. The van der Waals surface area contributed by atoms with Crippen molar-refractivity contribution >= 4 is 49.5 Å². The monoisotopic (exact) mass is 840 g/mol. The average Bonchev–Trinajstić information content (AvgIpc) is 3.76. The van der Waals surface area contributed by atoms with Gasteiger partial charge in [-0.25, -0.2) is 0 Å². The Labute approximate surface area is 385 Å². The van der Waals surface area contributed by atoms with Gasteiger partial charge in [0.05, 0.1) is 16.9 Å². The van der Waals surface area contributed by atoms with Gasteiger partial charge in [-0.1, -0.05) is 224 Å². The number of rotatable bonds is 9. The lowest BCUT2D eigenvalue weighted by Crippen LogP contribution is -2.10. The van der Waals surface area contributed by atoms with E-state index in [4.69, 9.17) is 0 Å². The van der Waals surface area contributed by atoms with Gasteiger partial charge >= 0.3 is 0 Å². The van der Waals surface area contributed by atoms with Crippen LogP contribution in [0.2, 0.25) is 0 Å². The summed E-state index contributed by atoms with van der Waals surface area (Å²) in [5.41, 5.74) is 17.6. The van der Waals surface area contributed by atoms with Gasteiger partial charge in [0.15, 0.2) is 0 Å². The lowest BCUT2D eigenvalue weighted by Gasteiger charge is -2.27. The third-order valence-electron chi connectivity index (χ3n) is 13.0. The highest BCUT2D eigenvalue weighted by Crippen LogP contribution is 2.48. The Morgan fingerprint density at radius 1 is 0.258 bits per heavy atom. The minimum Gasteiger partial charge on any atom is -0.310 e. The Balaban J connectivity index is 1.07. The zero-order chi connectivity index (χ0) is 43.8. The number of nitrogens with zero attached hydrogens (tertiary/aromatic N) is 2. The largest absolute Gasteiger partial charge is 0.310 e. The second-order valence-corrected chi connectivity index (χ2v) is 16.8. The minimum atomic E-state index is 1.10. The van der Waals surface area contributed by atoms with E-state index in [1.54, 1.807) is 0 Å². The molecule has 0 radical (unpaired) electrons. The van der Waals surface area contributed by atoms with Gasteiger partial charge in [-0.3, -0.25) is 0 Å². The first-order valence-corrected chi connectivity index (χ1v) is 22.7. The second kappa shape index (κ2) is 16.8. The van der Waals surface area contributed by atoms with Gasteiger partial charge in [0.1, 0.15) is 0 Å². The van der Waals surface area contributed by atoms with Crippen LogP contribution in [0.5, 0.6) is 0 Å².